The predicted molar refractivity (Wildman–Crippen MR) is 110 cm³/mol. The van der Waals surface area contributed by atoms with E-state index in [1.54, 1.807) is 35.6 Å². The molecule has 1 amide bonds. The molecule has 0 saturated heterocycles. The Morgan fingerprint density at radius 2 is 2.11 bits per heavy atom. The summed E-state index contributed by atoms with van der Waals surface area (Å²) in [5.41, 5.74) is 1.87. The van der Waals surface area contributed by atoms with Crippen LogP contribution in [-0.4, -0.2) is 28.7 Å². The van der Waals surface area contributed by atoms with Crippen LogP contribution in [0.25, 0.3) is 10.2 Å². The first-order valence-electron chi connectivity index (χ1n) is 8.54. The summed E-state index contributed by atoms with van der Waals surface area (Å²) in [7, 11) is 0. The van der Waals surface area contributed by atoms with Gasteiger partial charge in [0, 0.05) is 11.4 Å². The van der Waals surface area contributed by atoms with Crippen LogP contribution in [0.4, 0.5) is 5.69 Å². The van der Waals surface area contributed by atoms with E-state index in [4.69, 9.17) is 10.00 Å². The van der Waals surface area contributed by atoms with Gasteiger partial charge in [-0.3, -0.25) is 9.59 Å². The quantitative estimate of drug-likeness (QED) is 0.462. The number of hydrogen-bond donors (Lipinski definition) is 1. The maximum atomic E-state index is 12.2. The highest BCUT2D eigenvalue weighted by molar-refractivity contribution is 8.01. The van der Waals surface area contributed by atoms with Crippen LogP contribution in [0.2, 0.25) is 0 Å². The molecule has 1 aromatic heterocycles. The van der Waals surface area contributed by atoms with Gasteiger partial charge in [-0.1, -0.05) is 30.0 Å². The maximum absolute atomic E-state index is 12.2. The summed E-state index contributed by atoms with van der Waals surface area (Å²) < 4.78 is 7.20. The third kappa shape index (κ3) is 5.31. The highest BCUT2D eigenvalue weighted by Gasteiger charge is 2.18. The van der Waals surface area contributed by atoms with Crippen LogP contribution < -0.4 is 5.32 Å². The van der Waals surface area contributed by atoms with Crippen LogP contribution in [0.1, 0.15) is 18.9 Å². The zero-order chi connectivity index (χ0) is 19.9. The van der Waals surface area contributed by atoms with Gasteiger partial charge in [0.05, 0.1) is 28.3 Å². The fourth-order valence-electron chi connectivity index (χ4n) is 2.35. The number of benzene rings is 2. The van der Waals surface area contributed by atoms with Crippen molar-refractivity contribution in [1.82, 2.24) is 4.98 Å². The number of carbonyl (C=O) groups is 2. The van der Waals surface area contributed by atoms with Crippen molar-refractivity contribution in [1.29, 1.82) is 5.26 Å². The van der Waals surface area contributed by atoms with Gasteiger partial charge in [0.15, 0.2) is 10.4 Å². The summed E-state index contributed by atoms with van der Waals surface area (Å²) in [6, 6.07) is 16.4. The van der Waals surface area contributed by atoms with Gasteiger partial charge >= 0.3 is 5.97 Å². The van der Waals surface area contributed by atoms with Crippen molar-refractivity contribution in [3.05, 3.63) is 54.1 Å². The van der Waals surface area contributed by atoms with E-state index in [0.717, 1.165) is 14.6 Å². The minimum Gasteiger partial charge on any atom is -0.453 e. The lowest BCUT2D eigenvalue weighted by atomic mass is 10.2. The van der Waals surface area contributed by atoms with Gasteiger partial charge < -0.3 is 10.1 Å². The van der Waals surface area contributed by atoms with Crippen LogP contribution in [0.3, 0.4) is 0 Å². The highest BCUT2D eigenvalue weighted by atomic mass is 32.2. The summed E-state index contributed by atoms with van der Waals surface area (Å²) in [6.45, 7) is 1.52. The Labute approximate surface area is 170 Å². The van der Waals surface area contributed by atoms with Crippen molar-refractivity contribution in [3.8, 4) is 6.07 Å². The number of nitrogens with one attached hydrogen (secondary N) is 1. The number of thioether (sulfide) groups is 1. The number of amides is 1. The lowest BCUT2D eigenvalue weighted by Crippen LogP contribution is -2.30. The molecule has 0 fully saturated rings. The summed E-state index contributed by atoms with van der Waals surface area (Å²) in [5, 5.41) is 11.5. The Bertz CT molecular complexity index is 1010. The monoisotopic (exact) mass is 411 g/mol. The SMILES string of the molecule is C[C@@H](OC(=O)CCSc1nc2ccccc2s1)C(=O)Nc1cccc(C#N)c1. The van der Waals surface area contributed by atoms with Gasteiger partial charge in [0.1, 0.15) is 0 Å². The van der Waals surface area contributed by atoms with Gasteiger partial charge in [-0.2, -0.15) is 5.26 Å². The van der Waals surface area contributed by atoms with Crippen LogP contribution in [0, 0.1) is 11.3 Å². The van der Waals surface area contributed by atoms with E-state index in [1.807, 2.05) is 30.3 Å². The Kier molecular flexibility index (Phi) is 6.63. The number of fused-ring (bicyclic) bond motifs is 1. The van der Waals surface area contributed by atoms with E-state index in [0.29, 0.717) is 17.0 Å². The molecule has 142 valence electrons. The van der Waals surface area contributed by atoms with E-state index in [9.17, 15) is 9.59 Å². The standard InChI is InChI=1S/C20H17N3O3S2/c1-13(19(25)22-15-6-4-5-14(11-15)12-21)26-18(24)9-10-27-20-23-16-7-2-3-8-17(16)28-20/h2-8,11,13H,9-10H2,1H3,(H,22,25)/t13-/m1/s1. The van der Waals surface area contributed by atoms with Crippen molar-refractivity contribution in [2.45, 2.75) is 23.8 Å². The lowest BCUT2D eigenvalue weighted by molar-refractivity contribution is -0.152. The molecule has 0 aliphatic carbocycles. The molecule has 0 aliphatic heterocycles. The average molecular weight is 412 g/mol. The number of rotatable bonds is 7. The first-order valence-corrected chi connectivity index (χ1v) is 10.3. The maximum Gasteiger partial charge on any atom is 0.307 e. The summed E-state index contributed by atoms with van der Waals surface area (Å²) >= 11 is 3.08. The third-order valence-corrected chi connectivity index (χ3v) is 5.92. The van der Waals surface area contributed by atoms with Crippen LogP contribution in [-0.2, 0) is 14.3 Å². The number of thiazole rings is 1. The predicted octanol–water partition coefficient (Wildman–Crippen LogP) is 4.22. The molecule has 0 saturated carbocycles. The molecule has 0 spiro atoms. The Hall–Kier alpha value is -2.89. The molecule has 1 atom stereocenters. The molecular formula is C20H17N3O3S2. The highest BCUT2D eigenvalue weighted by Crippen LogP contribution is 2.29. The van der Waals surface area contributed by atoms with E-state index in [-0.39, 0.29) is 6.42 Å². The van der Waals surface area contributed by atoms with Crippen molar-refractivity contribution in [2.75, 3.05) is 11.1 Å². The Balaban J connectivity index is 1.44. The first-order chi connectivity index (χ1) is 13.5. The third-order valence-electron chi connectivity index (χ3n) is 3.74. The van der Waals surface area contributed by atoms with Crippen LogP contribution in [0.15, 0.2) is 52.9 Å². The van der Waals surface area contributed by atoms with Crippen LogP contribution >= 0.6 is 23.1 Å². The number of esters is 1. The topological polar surface area (TPSA) is 92.1 Å². The first kappa shape index (κ1) is 19.9. The zero-order valence-electron chi connectivity index (χ0n) is 15.0. The number of nitriles is 1. The molecule has 6 nitrogen and oxygen atoms in total. The number of nitrogens with zero attached hydrogens (tertiary/aromatic N) is 2. The smallest absolute Gasteiger partial charge is 0.307 e. The lowest BCUT2D eigenvalue weighted by Gasteiger charge is -2.13. The molecule has 0 aliphatic rings. The largest absolute Gasteiger partial charge is 0.453 e. The van der Waals surface area contributed by atoms with Crippen LogP contribution in [0.5, 0.6) is 0 Å². The van der Waals surface area contributed by atoms with Crippen molar-refractivity contribution in [3.63, 3.8) is 0 Å². The zero-order valence-corrected chi connectivity index (χ0v) is 16.7. The molecule has 0 unspecified atom stereocenters. The summed E-state index contributed by atoms with van der Waals surface area (Å²) in [4.78, 5) is 28.7. The molecule has 8 heteroatoms. The molecule has 3 rings (SSSR count). The van der Waals surface area contributed by atoms with Crippen molar-refractivity contribution >= 4 is 50.9 Å². The van der Waals surface area contributed by atoms with E-state index < -0.39 is 18.0 Å². The molecule has 28 heavy (non-hydrogen) atoms. The fourth-order valence-corrected chi connectivity index (χ4v) is 4.41. The number of aromatic nitrogens is 1. The number of ether oxygens (including phenoxy) is 1. The number of para-hydroxylation sites is 1. The molecule has 2 aromatic carbocycles. The fraction of sp³-hybridized carbons (Fsp3) is 0.200. The van der Waals surface area contributed by atoms with Gasteiger partial charge in [-0.15, -0.1) is 11.3 Å². The van der Waals surface area contributed by atoms with E-state index in [1.165, 1.54) is 18.7 Å². The van der Waals surface area contributed by atoms with Crippen molar-refractivity contribution in [2.24, 2.45) is 0 Å². The van der Waals surface area contributed by atoms with Gasteiger partial charge in [-0.05, 0) is 37.3 Å². The number of hydrogen-bond acceptors (Lipinski definition) is 7. The van der Waals surface area contributed by atoms with E-state index in [2.05, 4.69) is 10.3 Å². The van der Waals surface area contributed by atoms with Gasteiger partial charge in [0.25, 0.3) is 5.91 Å². The Morgan fingerprint density at radius 1 is 1.29 bits per heavy atom. The molecule has 3 aromatic rings. The van der Waals surface area contributed by atoms with Gasteiger partial charge in [-0.25, -0.2) is 4.98 Å². The molecule has 1 heterocycles. The molecule has 0 radical (unpaired) electrons. The normalized spacial score (nSPS) is 11.6. The molecule has 0 bridgehead atoms. The van der Waals surface area contributed by atoms with E-state index >= 15 is 0 Å². The van der Waals surface area contributed by atoms with Gasteiger partial charge in [0.2, 0.25) is 0 Å². The minimum atomic E-state index is -0.925. The number of anilines is 1. The average Bonchev–Trinajstić information content (AvgIpc) is 3.10. The molecule has 1 N–H and O–H groups in total. The summed E-state index contributed by atoms with van der Waals surface area (Å²) in [5.74, 6) is -0.360. The molecular weight excluding hydrogens is 394 g/mol. The second-order valence-electron chi connectivity index (χ2n) is 5.86. The summed E-state index contributed by atoms with van der Waals surface area (Å²) in [6.07, 6.45) is -0.743. The minimum absolute atomic E-state index is 0.183. The van der Waals surface area contributed by atoms with Crippen molar-refractivity contribution < 1.29 is 14.3 Å². The second-order valence-corrected chi connectivity index (χ2v) is 8.23. The Morgan fingerprint density at radius 3 is 2.89 bits per heavy atom. The second kappa shape index (κ2) is 9.35. The number of carbonyl (C=O) groups excluding carboxylic acids is 2.